The van der Waals surface area contributed by atoms with E-state index >= 15 is 0 Å². The van der Waals surface area contributed by atoms with Gasteiger partial charge in [0.15, 0.2) is 0 Å². The minimum atomic E-state index is -0.995. The number of carboxylic acids is 1. The molecule has 0 saturated carbocycles. The van der Waals surface area contributed by atoms with Gasteiger partial charge < -0.3 is 9.90 Å². The van der Waals surface area contributed by atoms with Crippen LogP contribution in [0.3, 0.4) is 0 Å². The van der Waals surface area contributed by atoms with E-state index in [9.17, 15) is 9.90 Å². The molecule has 1 aliphatic rings. The Kier molecular flexibility index (Phi) is 3.06. The van der Waals surface area contributed by atoms with Crippen LogP contribution >= 0.6 is 11.8 Å². The van der Waals surface area contributed by atoms with E-state index in [4.69, 9.17) is 0 Å². The maximum absolute atomic E-state index is 10.3. The summed E-state index contributed by atoms with van der Waals surface area (Å²) < 4.78 is 0. The second-order valence-electron chi connectivity index (χ2n) is 3.25. The lowest BCUT2D eigenvalue weighted by Crippen LogP contribution is -2.22. The number of fused-ring (bicyclic) bond motifs is 1. The summed E-state index contributed by atoms with van der Waals surface area (Å²) in [6, 6.07) is 7.91. The molecule has 2 rings (SSSR count). The summed E-state index contributed by atoms with van der Waals surface area (Å²) in [5.74, 6) is -0.432. The molecule has 1 atom stereocenters. The number of hydrogen-bond donors (Lipinski definition) is 0. The van der Waals surface area contributed by atoms with Gasteiger partial charge in [0.1, 0.15) is 0 Å². The fourth-order valence-electron chi connectivity index (χ4n) is 1.48. The van der Waals surface area contributed by atoms with Crippen molar-refractivity contribution in [2.45, 2.75) is 11.7 Å². The van der Waals surface area contributed by atoms with Gasteiger partial charge in [-0.1, -0.05) is 18.2 Å². The molecule has 1 aromatic carbocycles. The maximum Gasteiger partial charge on any atom is 0.0673 e. The Labute approximate surface area is 92.2 Å². The fourth-order valence-corrected chi connectivity index (χ4v) is 2.54. The summed E-state index contributed by atoms with van der Waals surface area (Å²) >= 11 is 1.58. The van der Waals surface area contributed by atoms with Crippen molar-refractivity contribution in [2.24, 2.45) is 4.99 Å². The molecule has 0 saturated heterocycles. The molecular weight excluding hydrogens is 210 g/mol. The van der Waals surface area contributed by atoms with Crippen LogP contribution in [0.4, 0.5) is 5.69 Å². The number of aliphatic carboxylic acids is 1. The van der Waals surface area contributed by atoms with Crippen LogP contribution in [0.2, 0.25) is 0 Å². The van der Waals surface area contributed by atoms with Gasteiger partial charge in [-0.15, -0.1) is 11.8 Å². The zero-order valence-electron chi connectivity index (χ0n) is 8.05. The van der Waals surface area contributed by atoms with E-state index in [-0.39, 0.29) is 11.7 Å². The molecule has 3 nitrogen and oxygen atoms in total. The van der Waals surface area contributed by atoms with Gasteiger partial charge in [-0.05, 0) is 23.8 Å². The normalized spacial score (nSPS) is 17.7. The molecule has 15 heavy (non-hydrogen) atoms. The zero-order valence-corrected chi connectivity index (χ0v) is 8.87. The number of aliphatic imine (C=N–C) groups is 1. The maximum atomic E-state index is 10.3. The Morgan fingerprint density at radius 2 is 2.27 bits per heavy atom. The molecule has 0 spiro atoms. The summed E-state index contributed by atoms with van der Waals surface area (Å²) in [5.41, 5.74) is 2.16. The van der Waals surface area contributed by atoms with Gasteiger partial charge >= 0.3 is 0 Å². The molecule has 0 N–H and O–H groups in total. The lowest BCUT2D eigenvalue weighted by atomic mass is 10.1. The van der Waals surface area contributed by atoms with Gasteiger partial charge in [0, 0.05) is 12.2 Å². The summed E-state index contributed by atoms with van der Waals surface area (Å²) in [5, 5.41) is 10.5. The van der Waals surface area contributed by atoms with Crippen LogP contribution in [0, 0.1) is 0 Å². The van der Waals surface area contributed by atoms with E-state index in [1.807, 2.05) is 30.5 Å². The molecule has 1 aromatic rings. The SMILES string of the molecule is O=C([O-])CCS[C@H]1C=Nc2ccccc21. The smallest absolute Gasteiger partial charge is 0.0673 e. The van der Waals surface area contributed by atoms with Crippen molar-refractivity contribution in [1.29, 1.82) is 0 Å². The second-order valence-corrected chi connectivity index (χ2v) is 4.50. The second kappa shape index (κ2) is 4.49. The molecule has 0 fully saturated rings. The van der Waals surface area contributed by atoms with E-state index in [1.54, 1.807) is 11.8 Å². The number of para-hydroxylation sites is 1. The summed E-state index contributed by atoms with van der Waals surface area (Å²) in [6.07, 6.45) is 1.96. The Morgan fingerprint density at radius 3 is 3.07 bits per heavy atom. The third-order valence-corrected chi connectivity index (χ3v) is 3.37. The molecule has 1 aliphatic heterocycles. The number of carbonyl (C=O) groups excluding carboxylic acids is 1. The first-order valence-corrected chi connectivity index (χ1v) is 5.77. The van der Waals surface area contributed by atoms with Crippen molar-refractivity contribution in [1.82, 2.24) is 0 Å². The van der Waals surface area contributed by atoms with Crippen molar-refractivity contribution in [3.63, 3.8) is 0 Å². The van der Waals surface area contributed by atoms with E-state index in [2.05, 4.69) is 4.99 Å². The minimum Gasteiger partial charge on any atom is -0.550 e. The quantitative estimate of drug-likeness (QED) is 0.769. The lowest BCUT2D eigenvalue weighted by Gasteiger charge is -2.08. The van der Waals surface area contributed by atoms with Crippen molar-refractivity contribution >= 4 is 29.6 Å². The topological polar surface area (TPSA) is 52.5 Å². The highest BCUT2D eigenvalue weighted by Crippen LogP contribution is 2.38. The number of benzene rings is 1. The van der Waals surface area contributed by atoms with Crippen LogP contribution in [-0.2, 0) is 4.79 Å². The third kappa shape index (κ3) is 2.39. The Hall–Kier alpha value is -1.29. The summed E-state index contributed by atoms with van der Waals surface area (Å²) in [7, 11) is 0. The van der Waals surface area contributed by atoms with Gasteiger partial charge in [0.25, 0.3) is 0 Å². The zero-order chi connectivity index (χ0) is 10.7. The van der Waals surface area contributed by atoms with Crippen LogP contribution < -0.4 is 5.11 Å². The van der Waals surface area contributed by atoms with E-state index in [0.29, 0.717) is 5.75 Å². The van der Waals surface area contributed by atoms with Crippen molar-refractivity contribution in [3.8, 4) is 0 Å². The van der Waals surface area contributed by atoms with E-state index in [1.165, 1.54) is 5.56 Å². The highest BCUT2D eigenvalue weighted by Gasteiger charge is 2.17. The van der Waals surface area contributed by atoms with Crippen LogP contribution in [-0.4, -0.2) is 17.9 Å². The predicted octanol–water partition coefficient (Wildman–Crippen LogP) is 1.32. The van der Waals surface area contributed by atoms with Crippen LogP contribution in [0.1, 0.15) is 17.2 Å². The van der Waals surface area contributed by atoms with E-state index < -0.39 is 5.97 Å². The summed E-state index contributed by atoms with van der Waals surface area (Å²) in [6.45, 7) is 0. The molecule has 0 bridgehead atoms. The number of carboxylic acid groups (broad SMARTS) is 1. The van der Waals surface area contributed by atoms with Crippen molar-refractivity contribution < 1.29 is 9.90 Å². The van der Waals surface area contributed by atoms with Gasteiger partial charge in [-0.25, -0.2) is 0 Å². The molecule has 0 aliphatic carbocycles. The van der Waals surface area contributed by atoms with Crippen LogP contribution in [0.25, 0.3) is 0 Å². The lowest BCUT2D eigenvalue weighted by molar-refractivity contribution is -0.305. The highest BCUT2D eigenvalue weighted by atomic mass is 32.2. The number of carbonyl (C=O) groups is 1. The van der Waals surface area contributed by atoms with Crippen molar-refractivity contribution in [2.75, 3.05) is 5.75 Å². The van der Waals surface area contributed by atoms with Gasteiger partial charge in [-0.3, -0.25) is 4.99 Å². The molecule has 0 amide bonds. The monoisotopic (exact) mass is 220 g/mol. The average molecular weight is 220 g/mol. The fraction of sp³-hybridized carbons (Fsp3) is 0.273. The molecule has 4 heteroatoms. The van der Waals surface area contributed by atoms with Crippen molar-refractivity contribution in [3.05, 3.63) is 29.8 Å². The first-order valence-electron chi connectivity index (χ1n) is 4.72. The number of thioether (sulfide) groups is 1. The summed E-state index contributed by atoms with van der Waals surface area (Å²) in [4.78, 5) is 14.5. The largest absolute Gasteiger partial charge is 0.550 e. The number of hydrogen-bond acceptors (Lipinski definition) is 4. The molecule has 78 valence electrons. The Balaban J connectivity index is 1.96. The molecule has 1 heterocycles. The number of nitrogens with zero attached hydrogens (tertiary/aromatic N) is 1. The average Bonchev–Trinajstić information content (AvgIpc) is 2.62. The molecule has 0 aromatic heterocycles. The molecule has 0 radical (unpaired) electrons. The first kappa shape index (κ1) is 10.2. The predicted molar refractivity (Wildman–Crippen MR) is 59.4 cm³/mol. The van der Waals surface area contributed by atoms with Crippen LogP contribution in [0.5, 0.6) is 0 Å². The van der Waals surface area contributed by atoms with Gasteiger partial charge in [0.05, 0.1) is 10.9 Å². The molecule has 0 unspecified atom stereocenters. The number of rotatable bonds is 4. The standard InChI is InChI=1S/C11H11NO2S/c13-11(14)5-6-15-10-7-12-9-4-2-1-3-8(9)10/h1-4,7,10H,5-6H2,(H,13,14)/p-1/t10-/m0/s1. The van der Waals surface area contributed by atoms with E-state index in [0.717, 1.165) is 5.69 Å². The molecular formula is C11H10NO2S-. The highest BCUT2D eigenvalue weighted by molar-refractivity contribution is 8.00. The minimum absolute atomic E-state index is 0.0944. The van der Waals surface area contributed by atoms with Gasteiger partial charge in [0.2, 0.25) is 0 Å². The Bertz CT molecular complexity index is 403. The third-order valence-electron chi connectivity index (χ3n) is 2.20. The van der Waals surface area contributed by atoms with Crippen LogP contribution in [0.15, 0.2) is 29.3 Å². The Morgan fingerprint density at radius 1 is 1.47 bits per heavy atom. The first-order chi connectivity index (χ1) is 7.27. The van der Waals surface area contributed by atoms with Gasteiger partial charge in [-0.2, -0.15) is 0 Å².